The number of amides is 1. The lowest BCUT2D eigenvalue weighted by Gasteiger charge is -2.27. The van der Waals surface area contributed by atoms with E-state index in [-0.39, 0.29) is 6.09 Å². The van der Waals surface area contributed by atoms with E-state index in [0.717, 1.165) is 12.5 Å². The van der Waals surface area contributed by atoms with Gasteiger partial charge in [-0.3, -0.25) is 0 Å². The molecular weight excluding hydrogens is 228 g/mol. The Hall–Kier alpha value is -0.770. The van der Waals surface area contributed by atoms with E-state index in [9.17, 15) is 4.79 Å². The first-order valence-corrected chi connectivity index (χ1v) is 7.07. The Morgan fingerprint density at radius 2 is 2.00 bits per heavy atom. The van der Waals surface area contributed by atoms with Crippen LogP contribution in [0.4, 0.5) is 4.79 Å². The number of ether oxygens (including phenoxy) is 1. The minimum absolute atomic E-state index is 0.332. The molecule has 4 nitrogen and oxygen atoms in total. The Kier molecular flexibility index (Phi) is 5.93. The minimum atomic E-state index is -0.420. The smallest absolute Gasteiger partial charge is 0.407 e. The number of carbonyl (C=O) groups excluding carboxylic acids is 1. The molecule has 2 N–H and O–H groups in total. The SMILES string of the molecule is CC1CCCC(NCCNC(=O)OC(C)(C)C)C1. The average Bonchev–Trinajstić information content (AvgIpc) is 2.22. The molecule has 2 unspecified atom stereocenters. The standard InChI is InChI=1S/C14H28N2O2/c1-11-6-5-7-12(10-11)15-8-9-16-13(17)18-14(2,3)4/h11-12,15H,5-10H2,1-4H3,(H,16,17). The van der Waals surface area contributed by atoms with Crippen molar-refractivity contribution in [2.24, 2.45) is 5.92 Å². The first kappa shape index (κ1) is 15.3. The van der Waals surface area contributed by atoms with Gasteiger partial charge in [-0.2, -0.15) is 0 Å². The Bertz CT molecular complexity index is 261. The van der Waals surface area contributed by atoms with Crippen LogP contribution in [0.3, 0.4) is 0 Å². The van der Waals surface area contributed by atoms with Crippen LogP contribution in [0.2, 0.25) is 0 Å². The summed E-state index contributed by atoms with van der Waals surface area (Å²) in [6, 6.07) is 0.620. The van der Waals surface area contributed by atoms with Crippen LogP contribution in [0, 0.1) is 5.92 Å². The van der Waals surface area contributed by atoms with E-state index in [1.54, 1.807) is 0 Å². The zero-order chi connectivity index (χ0) is 13.6. The van der Waals surface area contributed by atoms with Crippen LogP contribution >= 0.6 is 0 Å². The van der Waals surface area contributed by atoms with Crippen LogP contribution in [-0.4, -0.2) is 30.8 Å². The summed E-state index contributed by atoms with van der Waals surface area (Å²) in [7, 11) is 0. The molecule has 2 atom stereocenters. The molecule has 0 aromatic heterocycles. The normalized spacial score (nSPS) is 24.7. The summed E-state index contributed by atoms with van der Waals surface area (Å²) in [5, 5.41) is 6.27. The fourth-order valence-electron chi connectivity index (χ4n) is 2.37. The van der Waals surface area contributed by atoms with E-state index in [1.165, 1.54) is 25.7 Å². The molecule has 0 spiro atoms. The first-order valence-electron chi connectivity index (χ1n) is 7.07. The number of hydrogen-bond acceptors (Lipinski definition) is 3. The Morgan fingerprint density at radius 1 is 1.28 bits per heavy atom. The molecule has 1 saturated carbocycles. The molecule has 1 rings (SSSR count). The van der Waals surface area contributed by atoms with Gasteiger partial charge in [-0.1, -0.05) is 19.8 Å². The molecule has 1 aliphatic rings. The second kappa shape index (κ2) is 6.98. The third kappa shape index (κ3) is 6.84. The predicted molar refractivity (Wildman–Crippen MR) is 73.7 cm³/mol. The fourth-order valence-corrected chi connectivity index (χ4v) is 2.37. The monoisotopic (exact) mass is 256 g/mol. The molecule has 0 aliphatic heterocycles. The molecule has 0 radical (unpaired) electrons. The van der Waals surface area contributed by atoms with Crippen LogP contribution in [0.15, 0.2) is 0 Å². The van der Waals surface area contributed by atoms with E-state index < -0.39 is 5.60 Å². The molecule has 1 amide bonds. The molecule has 0 bridgehead atoms. The van der Waals surface area contributed by atoms with E-state index in [1.807, 2.05) is 20.8 Å². The largest absolute Gasteiger partial charge is 0.444 e. The predicted octanol–water partition coefficient (Wildman–Crippen LogP) is 2.68. The van der Waals surface area contributed by atoms with E-state index in [0.29, 0.717) is 12.6 Å². The quantitative estimate of drug-likeness (QED) is 0.760. The van der Waals surface area contributed by atoms with Crippen LogP contribution in [-0.2, 0) is 4.74 Å². The van der Waals surface area contributed by atoms with E-state index in [4.69, 9.17) is 4.74 Å². The van der Waals surface area contributed by atoms with Gasteiger partial charge >= 0.3 is 6.09 Å². The fraction of sp³-hybridized carbons (Fsp3) is 0.929. The summed E-state index contributed by atoms with van der Waals surface area (Å²) >= 11 is 0. The molecule has 0 saturated heterocycles. The molecule has 4 heteroatoms. The van der Waals surface area contributed by atoms with Gasteiger partial charge in [-0.05, 0) is 39.5 Å². The highest BCUT2D eigenvalue weighted by molar-refractivity contribution is 5.67. The van der Waals surface area contributed by atoms with Crippen molar-refractivity contribution in [3.8, 4) is 0 Å². The second-order valence-electron chi connectivity index (χ2n) is 6.35. The summed E-state index contributed by atoms with van der Waals surface area (Å²) in [5.74, 6) is 0.829. The molecule has 0 aromatic rings. The number of rotatable bonds is 4. The van der Waals surface area contributed by atoms with Crippen LogP contribution < -0.4 is 10.6 Å². The topological polar surface area (TPSA) is 50.4 Å². The third-order valence-corrected chi connectivity index (χ3v) is 3.16. The lowest BCUT2D eigenvalue weighted by molar-refractivity contribution is 0.0527. The highest BCUT2D eigenvalue weighted by atomic mass is 16.6. The number of carbonyl (C=O) groups is 1. The Morgan fingerprint density at radius 3 is 2.61 bits per heavy atom. The third-order valence-electron chi connectivity index (χ3n) is 3.16. The lowest BCUT2D eigenvalue weighted by Crippen LogP contribution is -2.40. The van der Waals surface area contributed by atoms with Gasteiger partial charge in [-0.25, -0.2) is 4.79 Å². The summed E-state index contributed by atoms with van der Waals surface area (Å²) in [5.41, 5.74) is -0.420. The zero-order valence-corrected chi connectivity index (χ0v) is 12.2. The molecule has 0 aromatic carbocycles. The minimum Gasteiger partial charge on any atom is -0.444 e. The maximum atomic E-state index is 11.4. The van der Waals surface area contributed by atoms with Gasteiger partial charge < -0.3 is 15.4 Å². The van der Waals surface area contributed by atoms with Gasteiger partial charge in [0.2, 0.25) is 0 Å². The van der Waals surface area contributed by atoms with Crippen molar-refractivity contribution < 1.29 is 9.53 Å². The van der Waals surface area contributed by atoms with Crippen molar-refractivity contribution in [2.75, 3.05) is 13.1 Å². The van der Waals surface area contributed by atoms with Crippen molar-refractivity contribution in [2.45, 2.75) is 65.0 Å². The van der Waals surface area contributed by atoms with Crippen molar-refractivity contribution >= 4 is 6.09 Å². The van der Waals surface area contributed by atoms with Crippen LogP contribution in [0.1, 0.15) is 53.4 Å². The maximum Gasteiger partial charge on any atom is 0.407 e. The molecule has 106 valence electrons. The van der Waals surface area contributed by atoms with E-state index in [2.05, 4.69) is 17.6 Å². The Balaban J connectivity index is 2.06. The lowest BCUT2D eigenvalue weighted by atomic mass is 9.87. The van der Waals surface area contributed by atoms with Crippen molar-refractivity contribution in [1.29, 1.82) is 0 Å². The molecule has 1 aliphatic carbocycles. The van der Waals surface area contributed by atoms with E-state index >= 15 is 0 Å². The van der Waals surface area contributed by atoms with Crippen LogP contribution in [0.25, 0.3) is 0 Å². The molecule has 1 fully saturated rings. The van der Waals surface area contributed by atoms with Gasteiger partial charge in [0.15, 0.2) is 0 Å². The molecule has 0 heterocycles. The molecular formula is C14H28N2O2. The van der Waals surface area contributed by atoms with Gasteiger partial charge in [-0.15, -0.1) is 0 Å². The van der Waals surface area contributed by atoms with Gasteiger partial charge in [0.1, 0.15) is 5.60 Å². The summed E-state index contributed by atoms with van der Waals surface area (Å²) in [4.78, 5) is 11.4. The zero-order valence-electron chi connectivity index (χ0n) is 12.2. The highest BCUT2D eigenvalue weighted by Gasteiger charge is 2.18. The molecule has 18 heavy (non-hydrogen) atoms. The summed E-state index contributed by atoms with van der Waals surface area (Å²) in [6.45, 7) is 9.36. The van der Waals surface area contributed by atoms with Crippen molar-refractivity contribution in [3.05, 3.63) is 0 Å². The number of hydrogen-bond donors (Lipinski definition) is 2. The van der Waals surface area contributed by atoms with Crippen LogP contribution in [0.5, 0.6) is 0 Å². The second-order valence-corrected chi connectivity index (χ2v) is 6.35. The first-order chi connectivity index (χ1) is 8.37. The number of nitrogens with one attached hydrogen (secondary N) is 2. The van der Waals surface area contributed by atoms with Crippen molar-refractivity contribution in [3.63, 3.8) is 0 Å². The summed E-state index contributed by atoms with van der Waals surface area (Å²) < 4.78 is 5.17. The summed E-state index contributed by atoms with van der Waals surface area (Å²) in [6.07, 6.45) is 4.86. The van der Waals surface area contributed by atoms with Crippen molar-refractivity contribution in [1.82, 2.24) is 10.6 Å². The van der Waals surface area contributed by atoms with Gasteiger partial charge in [0.05, 0.1) is 0 Å². The Labute approximate surface area is 111 Å². The number of alkyl carbamates (subject to hydrolysis) is 1. The highest BCUT2D eigenvalue weighted by Crippen LogP contribution is 2.23. The average molecular weight is 256 g/mol. The maximum absolute atomic E-state index is 11.4. The van der Waals surface area contributed by atoms with Gasteiger partial charge in [0.25, 0.3) is 0 Å². The van der Waals surface area contributed by atoms with Gasteiger partial charge in [0, 0.05) is 19.1 Å².